The number of carbonyl (C=O) groups excluding carboxylic acids is 1. The number of nitrogens with zero attached hydrogens (tertiary/aromatic N) is 1. The van der Waals surface area contributed by atoms with Gasteiger partial charge in [-0.2, -0.15) is 0 Å². The van der Waals surface area contributed by atoms with E-state index >= 15 is 0 Å². The second-order valence-corrected chi connectivity index (χ2v) is 6.54. The molecule has 2 aromatic carbocycles. The molecule has 0 aliphatic heterocycles. The number of anilines is 1. The van der Waals surface area contributed by atoms with Gasteiger partial charge in [0.05, 0.1) is 5.75 Å². The van der Waals surface area contributed by atoms with E-state index in [1.807, 2.05) is 18.2 Å². The van der Waals surface area contributed by atoms with E-state index in [0.717, 1.165) is 21.7 Å². The van der Waals surface area contributed by atoms with Gasteiger partial charge in [-0.15, -0.1) is 11.8 Å². The van der Waals surface area contributed by atoms with Gasteiger partial charge in [-0.05, 0) is 43.7 Å². The molecule has 0 spiro atoms. The highest BCUT2D eigenvalue weighted by molar-refractivity contribution is 8.00. The fourth-order valence-electron chi connectivity index (χ4n) is 2.32. The van der Waals surface area contributed by atoms with Crippen LogP contribution in [0.4, 0.5) is 5.69 Å². The molecule has 0 aliphatic rings. The summed E-state index contributed by atoms with van der Waals surface area (Å²) < 4.78 is 5.43. The molecule has 0 bridgehead atoms. The highest BCUT2D eigenvalue weighted by Crippen LogP contribution is 2.24. The van der Waals surface area contributed by atoms with Gasteiger partial charge in [0.2, 0.25) is 5.91 Å². The molecule has 23 heavy (non-hydrogen) atoms. The summed E-state index contributed by atoms with van der Waals surface area (Å²) in [5, 5.41) is 2.91. The maximum absolute atomic E-state index is 12.1. The highest BCUT2D eigenvalue weighted by Gasteiger charge is 2.08. The second-order valence-electron chi connectivity index (χ2n) is 5.52. The van der Waals surface area contributed by atoms with Crippen LogP contribution < -0.4 is 5.32 Å². The zero-order valence-electron chi connectivity index (χ0n) is 13.3. The van der Waals surface area contributed by atoms with Crippen LogP contribution in [0.3, 0.4) is 0 Å². The molecule has 0 saturated heterocycles. The van der Waals surface area contributed by atoms with E-state index in [9.17, 15) is 4.79 Å². The van der Waals surface area contributed by atoms with Crippen molar-refractivity contribution in [3.63, 3.8) is 0 Å². The van der Waals surface area contributed by atoms with Gasteiger partial charge in [0, 0.05) is 17.5 Å². The summed E-state index contributed by atoms with van der Waals surface area (Å²) in [6.07, 6.45) is 0. The largest absolute Gasteiger partial charge is 0.441 e. The lowest BCUT2D eigenvalue weighted by atomic mass is 10.2. The standard InChI is InChI=1S/C18H18N2O2S/c1-11-4-5-12(2)17(8-11)23-10-18(21)20-14-6-7-16-15(9-14)19-13(3)22-16/h4-9H,10H2,1-3H3,(H,20,21). The first kappa shape index (κ1) is 15.6. The van der Waals surface area contributed by atoms with E-state index in [0.29, 0.717) is 11.6 Å². The van der Waals surface area contributed by atoms with Crippen LogP contribution in [0.2, 0.25) is 0 Å². The number of benzene rings is 2. The zero-order chi connectivity index (χ0) is 16.4. The molecule has 0 atom stereocenters. The Morgan fingerprint density at radius 1 is 1.17 bits per heavy atom. The fourth-order valence-corrected chi connectivity index (χ4v) is 3.25. The Morgan fingerprint density at radius 2 is 2.00 bits per heavy atom. The molecule has 0 unspecified atom stereocenters. The van der Waals surface area contributed by atoms with Crippen molar-refractivity contribution in [1.82, 2.24) is 4.98 Å². The predicted molar refractivity (Wildman–Crippen MR) is 94.0 cm³/mol. The van der Waals surface area contributed by atoms with E-state index in [2.05, 4.69) is 42.3 Å². The van der Waals surface area contributed by atoms with Gasteiger partial charge in [0.25, 0.3) is 0 Å². The molecule has 1 N–H and O–H groups in total. The van der Waals surface area contributed by atoms with Crippen LogP contribution in [-0.4, -0.2) is 16.6 Å². The topological polar surface area (TPSA) is 55.1 Å². The van der Waals surface area contributed by atoms with Gasteiger partial charge in [0.15, 0.2) is 11.5 Å². The molecule has 5 heteroatoms. The van der Waals surface area contributed by atoms with Crippen molar-refractivity contribution < 1.29 is 9.21 Å². The SMILES string of the molecule is Cc1ccc(C)c(SCC(=O)Nc2ccc3oc(C)nc3c2)c1. The van der Waals surface area contributed by atoms with E-state index in [4.69, 9.17) is 4.42 Å². The summed E-state index contributed by atoms with van der Waals surface area (Å²) in [5.41, 5.74) is 4.60. The maximum Gasteiger partial charge on any atom is 0.234 e. The molecule has 0 radical (unpaired) electrons. The van der Waals surface area contributed by atoms with Gasteiger partial charge in [-0.1, -0.05) is 17.7 Å². The summed E-state index contributed by atoms with van der Waals surface area (Å²) in [6, 6.07) is 11.7. The van der Waals surface area contributed by atoms with E-state index in [1.165, 1.54) is 11.1 Å². The summed E-state index contributed by atoms with van der Waals surface area (Å²) in [4.78, 5) is 17.6. The van der Waals surface area contributed by atoms with Crippen LogP contribution in [-0.2, 0) is 4.79 Å². The molecule has 118 valence electrons. The molecule has 0 fully saturated rings. The normalized spacial score (nSPS) is 10.9. The number of hydrogen-bond donors (Lipinski definition) is 1. The third-order valence-corrected chi connectivity index (χ3v) is 4.64. The predicted octanol–water partition coefficient (Wildman–Crippen LogP) is 4.48. The van der Waals surface area contributed by atoms with Crippen molar-refractivity contribution in [2.24, 2.45) is 0 Å². The Morgan fingerprint density at radius 3 is 2.83 bits per heavy atom. The number of amides is 1. The van der Waals surface area contributed by atoms with Crippen molar-refractivity contribution in [2.75, 3.05) is 11.1 Å². The maximum atomic E-state index is 12.1. The first-order chi connectivity index (χ1) is 11.0. The van der Waals surface area contributed by atoms with Gasteiger partial charge in [-0.3, -0.25) is 4.79 Å². The monoisotopic (exact) mass is 326 g/mol. The number of thioether (sulfide) groups is 1. The van der Waals surface area contributed by atoms with Crippen LogP contribution in [0.5, 0.6) is 0 Å². The van der Waals surface area contributed by atoms with Gasteiger partial charge in [0.1, 0.15) is 5.52 Å². The summed E-state index contributed by atoms with van der Waals surface area (Å²) in [7, 11) is 0. The molecular weight excluding hydrogens is 308 g/mol. The molecule has 0 aliphatic carbocycles. The second kappa shape index (κ2) is 6.46. The Bertz CT molecular complexity index is 871. The molecule has 3 rings (SSSR count). The smallest absolute Gasteiger partial charge is 0.234 e. The zero-order valence-corrected chi connectivity index (χ0v) is 14.2. The number of nitrogens with one attached hydrogen (secondary N) is 1. The minimum Gasteiger partial charge on any atom is -0.441 e. The van der Waals surface area contributed by atoms with Crippen LogP contribution >= 0.6 is 11.8 Å². The molecule has 4 nitrogen and oxygen atoms in total. The third-order valence-electron chi connectivity index (χ3n) is 3.48. The molecule has 3 aromatic rings. The number of aromatic nitrogens is 1. The molecule has 1 aromatic heterocycles. The van der Waals surface area contributed by atoms with Crippen LogP contribution in [0.1, 0.15) is 17.0 Å². The molecular formula is C18H18N2O2S. The van der Waals surface area contributed by atoms with Crippen molar-refractivity contribution in [3.8, 4) is 0 Å². The van der Waals surface area contributed by atoms with Crippen molar-refractivity contribution in [2.45, 2.75) is 25.7 Å². The Hall–Kier alpha value is -2.27. The van der Waals surface area contributed by atoms with Gasteiger partial charge >= 0.3 is 0 Å². The Labute approximate surface area is 139 Å². The molecule has 1 heterocycles. The summed E-state index contributed by atoms with van der Waals surface area (Å²) in [6.45, 7) is 5.91. The number of aryl methyl sites for hydroxylation is 3. The number of carbonyl (C=O) groups is 1. The summed E-state index contributed by atoms with van der Waals surface area (Å²) >= 11 is 1.55. The first-order valence-corrected chi connectivity index (χ1v) is 8.37. The highest BCUT2D eigenvalue weighted by atomic mass is 32.2. The lowest BCUT2D eigenvalue weighted by Crippen LogP contribution is -2.14. The number of hydrogen-bond acceptors (Lipinski definition) is 4. The van der Waals surface area contributed by atoms with E-state index < -0.39 is 0 Å². The average molecular weight is 326 g/mol. The minimum absolute atomic E-state index is 0.0320. The van der Waals surface area contributed by atoms with E-state index in [1.54, 1.807) is 18.7 Å². The lowest BCUT2D eigenvalue weighted by Gasteiger charge is -2.08. The Balaban J connectivity index is 1.65. The first-order valence-electron chi connectivity index (χ1n) is 7.38. The Kier molecular flexibility index (Phi) is 4.39. The van der Waals surface area contributed by atoms with Crippen LogP contribution in [0.25, 0.3) is 11.1 Å². The number of rotatable bonds is 4. The van der Waals surface area contributed by atoms with Gasteiger partial charge in [-0.25, -0.2) is 4.98 Å². The van der Waals surface area contributed by atoms with E-state index in [-0.39, 0.29) is 5.91 Å². The third kappa shape index (κ3) is 3.74. The number of fused-ring (bicyclic) bond motifs is 1. The van der Waals surface area contributed by atoms with Crippen molar-refractivity contribution >= 4 is 34.5 Å². The van der Waals surface area contributed by atoms with Crippen LogP contribution in [0.15, 0.2) is 45.7 Å². The average Bonchev–Trinajstić information content (AvgIpc) is 2.87. The van der Waals surface area contributed by atoms with Crippen molar-refractivity contribution in [3.05, 3.63) is 53.4 Å². The van der Waals surface area contributed by atoms with Crippen molar-refractivity contribution in [1.29, 1.82) is 0 Å². The summed E-state index contributed by atoms with van der Waals surface area (Å²) in [5.74, 6) is 0.963. The lowest BCUT2D eigenvalue weighted by molar-refractivity contribution is -0.113. The molecule has 0 saturated carbocycles. The number of oxazole rings is 1. The minimum atomic E-state index is -0.0320. The van der Waals surface area contributed by atoms with Crippen LogP contribution in [0, 0.1) is 20.8 Å². The fraction of sp³-hybridized carbons (Fsp3) is 0.222. The molecule has 1 amide bonds. The quantitative estimate of drug-likeness (QED) is 0.718. The van der Waals surface area contributed by atoms with Gasteiger partial charge < -0.3 is 9.73 Å².